The largest absolute Gasteiger partial charge is 0.479 e. The smallest absolute Gasteiger partial charge is 0.331 e. The molecule has 0 radical (unpaired) electrons. The normalized spacial score (nSPS) is 30.2. The quantitative estimate of drug-likeness (QED) is 0.119. The van der Waals surface area contributed by atoms with Gasteiger partial charge in [-0.3, -0.25) is 9.36 Å². The molecular formula is C14H26ClN2O10P. The average Bonchev–Trinajstić information content (AvgIpc) is 2.87. The molecule has 8 N–H and O–H groups in total. The first-order chi connectivity index (χ1) is 12.8. The van der Waals surface area contributed by atoms with Crippen molar-refractivity contribution in [3.05, 3.63) is 0 Å². The highest BCUT2D eigenvalue weighted by Crippen LogP contribution is 2.44. The molecule has 7 atom stereocenters. The van der Waals surface area contributed by atoms with E-state index < -0.39 is 80.7 Å². The Morgan fingerprint density at radius 2 is 1.89 bits per heavy atom. The molecule has 0 aromatic rings. The van der Waals surface area contributed by atoms with Crippen LogP contribution in [0.1, 0.15) is 13.3 Å². The minimum atomic E-state index is -4.47. The summed E-state index contributed by atoms with van der Waals surface area (Å²) in [5.74, 6) is -2.86. The van der Waals surface area contributed by atoms with Crippen LogP contribution in [0, 0.1) is 0 Å². The highest BCUT2D eigenvalue weighted by atomic mass is 35.5. The fourth-order valence-electron chi connectivity index (χ4n) is 2.73. The summed E-state index contributed by atoms with van der Waals surface area (Å²) < 4.78 is 16.9. The highest BCUT2D eigenvalue weighted by molar-refractivity contribution is 7.52. The van der Waals surface area contributed by atoms with Crippen LogP contribution in [0.25, 0.3) is 0 Å². The van der Waals surface area contributed by atoms with Crippen LogP contribution in [-0.4, -0.2) is 103 Å². The van der Waals surface area contributed by atoms with Crippen LogP contribution < -0.4 is 10.6 Å². The number of rotatable bonds is 11. The van der Waals surface area contributed by atoms with Gasteiger partial charge in [0.25, 0.3) is 0 Å². The van der Waals surface area contributed by atoms with Crippen LogP contribution in [0.5, 0.6) is 0 Å². The lowest BCUT2D eigenvalue weighted by atomic mass is 10.0. The zero-order valence-corrected chi connectivity index (χ0v) is 16.7. The number of halogens is 1. The second-order valence-corrected chi connectivity index (χ2v) is 9.01. The third kappa shape index (κ3) is 6.90. The summed E-state index contributed by atoms with van der Waals surface area (Å²) in [6.07, 6.45) is -5.02. The summed E-state index contributed by atoms with van der Waals surface area (Å²) >= 11 is 5.30. The van der Waals surface area contributed by atoms with Crippen molar-refractivity contribution in [1.29, 1.82) is 0 Å². The van der Waals surface area contributed by atoms with Crippen molar-refractivity contribution in [2.45, 2.75) is 49.3 Å². The molecule has 1 fully saturated rings. The van der Waals surface area contributed by atoms with E-state index in [-0.39, 0.29) is 6.42 Å². The van der Waals surface area contributed by atoms with Crippen molar-refractivity contribution in [1.82, 2.24) is 10.6 Å². The maximum absolute atomic E-state index is 12.2. The van der Waals surface area contributed by atoms with Gasteiger partial charge in [-0.2, -0.15) is 0 Å². The second-order valence-electron chi connectivity index (χ2n) is 6.85. The number of carbonyl (C=O) groups excluding carboxylic acids is 1. The first-order valence-electron chi connectivity index (χ1n) is 8.33. The number of aliphatic hydroxyl groups is 4. The lowest BCUT2D eigenvalue weighted by Gasteiger charge is -2.27. The number of aliphatic carboxylic acids is 1. The van der Waals surface area contributed by atoms with Crippen molar-refractivity contribution >= 4 is 31.1 Å². The maximum Gasteiger partial charge on any atom is 0.331 e. The van der Waals surface area contributed by atoms with Gasteiger partial charge in [-0.15, -0.1) is 11.6 Å². The lowest BCUT2D eigenvalue weighted by Crippen LogP contribution is -2.55. The van der Waals surface area contributed by atoms with Gasteiger partial charge >= 0.3 is 13.6 Å². The van der Waals surface area contributed by atoms with Gasteiger partial charge in [0.2, 0.25) is 5.91 Å². The van der Waals surface area contributed by atoms with Crippen LogP contribution >= 0.6 is 19.2 Å². The topological polar surface area (TPSA) is 206 Å². The number of aliphatic hydroxyl groups excluding tert-OH is 4. The van der Waals surface area contributed by atoms with Crippen LogP contribution in [0.2, 0.25) is 0 Å². The summed E-state index contributed by atoms with van der Waals surface area (Å²) in [4.78, 5) is 32.5. The third-order valence-corrected chi connectivity index (χ3v) is 5.99. The van der Waals surface area contributed by atoms with Crippen molar-refractivity contribution < 1.29 is 49.1 Å². The molecule has 1 aliphatic heterocycles. The molecular weight excluding hydrogens is 423 g/mol. The molecule has 1 aliphatic rings. The summed E-state index contributed by atoms with van der Waals surface area (Å²) in [5.41, 5.74) is -2.02. The molecule has 28 heavy (non-hydrogen) atoms. The van der Waals surface area contributed by atoms with Crippen LogP contribution in [0.3, 0.4) is 0 Å². The van der Waals surface area contributed by atoms with Crippen LogP contribution in [0.4, 0.5) is 0 Å². The van der Waals surface area contributed by atoms with Crippen molar-refractivity contribution in [2.24, 2.45) is 0 Å². The number of amides is 1. The summed E-state index contributed by atoms with van der Waals surface area (Å²) in [6, 6.07) is -1.64. The Labute approximate surface area is 166 Å². The van der Waals surface area contributed by atoms with Gasteiger partial charge in [0.1, 0.15) is 5.88 Å². The minimum absolute atomic E-state index is 0.234. The molecule has 12 nitrogen and oxygen atoms in total. The monoisotopic (exact) mass is 448 g/mol. The highest BCUT2D eigenvalue weighted by Gasteiger charge is 2.42. The molecule has 0 spiro atoms. The zero-order valence-electron chi connectivity index (χ0n) is 15.1. The summed E-state index contributed by atoms with van der Waals surface area (Å²) in [5, 5.41) is 52.6. The minimum Gasteiger partial charge on any atom is -0.479 e. The van der Waals surface area contributed by atoms with Crippen molar-refractivity contribution in [2.75, 3.05) is 25.3 Å². The van der Waals surface area contributed by atoms with E-state index >= 15 is 0 Å². The van der Waals surface area contributed by atoms with Gasteiger partial charge in [0.15, 0.2) is 5.54 Å². The number of carboxylic acids is 1. The number of hydrogen-bond acceptors (Lipinski definition) is 9. The number of nitrogens with one attached hydrogen (secondary N) is 2. The van der Waals surface area contributed by atoms with Gasteiger partial charge < -0.3 is 45.6 Å². The van der Waals surface area contributed by atoms with E-state index in [0.29, 0.717) is 0 Å². The van der Waals surface area contributed by atoms with Crippen molar-refractivity contribution in [3.63, 3.8) is 0 Å². The third-order valence-electron chi connectivity index (χ3n) is 4.33. The SMILES string of the molecule is CC(COP(=O)(O)C[C@H](O)C[C@H]1N[C@H](CO)[C@@H](O)[C@@H]1O)(NC(=O)CCl)C(=O)O. The van der Waals surface area contributed by atoms with E-state index in [1.807, 2.05) is 0 Å². The van der Waals surface area contributed by atoms with Crippen LogP contribution in [0.15, 0.2) is 0 Å². The second kappa shape index (κ2) is 10.3. The average molecular weight is 449 g/mol. The van der Waals surface area contributed by atoms with Gasteiger partial charge in [-0.1, -0.05) is 0 Å². The van der Waals surface area contributed by atoms with Crippen molar-refractivity contribution in [3.8, 4) is 0 Å². The molecule has 1 amide bonds. The maximum atomic E-state index is 12.2. The van der Waals surface area contributed by atoms with Gasteiger partial charge in [0, 0.05) is 6.04 Å². The molecule has 1 heterocycles. The van der Waals surface area contributed by atoms with Gasteiger partial charge in [-0.25, -0.2) is 4.79 Å². The summed E-state index contributed by atoms with van der Waals surface area (Å²) in [7, 11) is -4.47. The molecule has 0 aliphatic carbocycles. The Kier molecular flexibility index (Phi) is 9.26. The molecule has 1 rings (SSSR count). The van der Waals surface area contributed by atoms with Gasteiger partial charge in [-0.05, 0) is 13.3 Å². The number of carbonyl (C=O) groups is 2. The number of carboxylic acid groups (broad SMARTS) is 1. The number of hydrogen-bond donors (Lipinski definition) is 8. The molecule has 14 heteroatoms. The first-order valence-corrected chi connectivity index (χ1v) is 10.6. The predicted octanol–water partition coefficient (Wildman–Crippen LogP) is -2.81. The Bertz CT molecular complexity index is 611. The standard InChI is InChI=1S/C14H26ClN2O10P/c1-14(13(23)24,17-10(20)3-15)6-27-28(25,26)5-7(19)2-8-11(21)12(22)9(4-18)16-8/h7-9,11-12,16,18-19,21-22H,2-6H2,1H3,(H,17,20)(H,23,24)(H,25,26)/t7-,8-,9-,11-,12-,14?/m1/s1. The van der Waals surface area contributed by atoms with E-state index in [1.54, 1.807) is 0 Å². The lowest BCUT2D eigenvalue weighted by molar-refractivity contribution is -0.148. The van der Waals surface area contributed by atoms with E-state index in [0.717, 1.165) is 6.92 Å². The molecule has 1 saturated heterocycles. The van der Waals surface area contributed by atoms with E-state index in [4.69, 9.17) is 21.2 Å². The molecule has 164 valence electrons. The van der Waals surface area contributed by atoms with E-state index in [1.165, 1.54) is 0 Å². The summed E-state index contributed by atoms with van der Waals surface area (Å²) in [6.45, 7) is -0.249. The molecule has 0 bridgehead atoms. The Balaban J connectivity index is 2.63. The Morgan fingerprint density at radius 3 is 2.36 bits per heavy atom. The van der Waals surface area contributed by atoms with E-state index in [9.17, 15) is 39.5 Å². The fraction of sp³-hybridized carbons (Fsp3) is 0.857. The van der Waals surface area contributed by atoms with E-state index in [2.05, 4.69) is 10.6 Å². The predicted molar refractivity (Wildman–Crippen MR) is 96.0 cm³/mol. The molecule has 2 unspecified atom stereocenters. The first kappa shape index (κ1) is 25.2. The molecule has 0 aromatic carbocycles. The molecule has 0 aromatic heterocycles. The van der Waals surface area contributed by atoms with Gasteiger partial charge in [0.05, 0.1) is 43.7 Å². The Hall–Kier alpha value is -0.820. The Morgan fingerprint density at radius 1 is 1.32 bits per heavy atom. The van der Waals surface area contributed by atoms with Crippen LogP contribution in [-0.2, 0) is 18.7 Å². The number of alkyl halides is 1. The molecule has 0 saturated carbocycles. The zero-order chi connectivity index (χ0) is 21.7. The fourth-order valence-corrected chi connectivity index (χ4v) is 4.04.